The summed E-state index contributed by atoms with van der Waals surface area (Å²) in [4.78, 5) is 0. The lowest BCUT2D eigenvalue weighted by molar-refractivity contribution is 0.437. The first kappa shape index (κ1) is 23.1. The lowest BCUT2D eigenvalue weighted by Crippen LogP contribution is -1.81. The van der Waals surface area contributed by atoms with Crippen LogP contribution in [0.2, 0.25) is 0 Å². The number of aliphatic hydroxyl groups excluding tert-OH is 1. The summed E-state index contributed by atoms with van der Waals surface area (Å²) in [6.45, 7) is 2.27. The van der Waals surface area contributed by atoms with Crippen LogP contribution in [0.5, 0.6) is 5.75 Å². The highest BCUT2D eigenvalue weighted by Crippen LogP contribution is 2.14. The van der Waals surface area contributed by atoms with E-state index in [9.17, 15) is 10.2 Å². The van der Waals surface area contributed by atoms with Crippen molar-refractivity contribution in [1.29, 1.82) is 0 Å². The second-order valence-electron chi connectivity index (χ2n) is 7.28. The Morgan fingerprint density at radius 3 is 2.11 bits per heavy atom. The standard InChI is InChI=1S/C25H38O2/c1-2-3-4-5-6-7-8-9-10-11-12-13-14-15-16-19-24(26)21-23-18-17-20-25(27)22-23/h14-22,26-27H,2-13H2,1H3. The van der Waals surface area contributed by atoms with Gasteiger partial charge in [-0.2, -0.15) is 0 Å². The highest BCUT2D eigenvalue weighted by atomic mass is 16.3. The van der Waals surface area contributed by atoms with Gasteiger partial charge in [0.2, 0.25) is 0 Å². The van der Waals surface area contributed by atoms with Crippen LogP contribution in [0, 0.1) is 0 Å². The average Bonchev–Trinajstić information content (AvgIpc) is 2.65. The predicted molar refractivity (Wildman–Crippen MR) is 118 cm³/mol. The minimum atomic E-state index is 0.181. The molecule has 0 aromatic heterocycles. The molecule has 1 aromatic carbocycles. The minimum absolute atomic E-state index is 0.181. The molecule has 0 fully saturated rings. The van der Waals surface area contributed by atoms with Crippen LogP contribution in [0.15, 0.2) is 54.3 Å². The summed E-state index contributed by atoms with van der Waals surface area (Å²) in [5, 5.41) is 19.3. The van der Waals surface area contributed by atoms with Crippen LogP contribution in [0.4, 0.5) is 0 Å². The molecule has 150 valence electrons. The van der Waals surface area contributed by atoms with Crippen molar-refractivity contribution in [2.45, 2.75) is 84.0 Å². The SMILES string of the molecule is CCCCCCCCCCCCCC=CC=CC(O)=Cc1cccc(O)c1. The molecular weight excluding hydrogens is 332 g/mol. The van der Waals surface area contributed by atoms with E-state index in [1.54, 1.807) is 30.4 Å². The smallest absolute Gasteiger partial charge is 0.116 e. The molecule has 2 nitrogen and oxygen atoms in total. The number of allylic oxidation sites excluding steroid dienone is 4. The highest BCUT2D eigenvalue weighted by Gasteiger charge is 1.93. The highest BCUT2D eigenvalue weighted by molar-refractivity contribution is 5.55. The Labute approximate surface area is 166 Å². The van der Waals surface area contributed by atoms with E-state index in [1.165, 1.54) is 70.6 Å². The van der Waals surface area contributed by atoms with E-state index in [2.05, 4.69) is 13.0 Å². The van der Waals surface area contributed by atoms with Gasteiger partial charge in [-0.25, -0.2) is 0 Å². The van der Waals surface area contributed by atoms with Crippen molar-refractivity contribution in [3.8, 4) is 5.75 Å². The average molecular weight is 371 g/mol. The fraction of sp³-hybridized carbons (Fsp3) is 0.520. The normalized spacial score (nSPS) is 12.4. The Morgan fingerprint density at radius 2 is 1.48 bits per heavy atom. The van der Waals surface area contributed by atoms with Gasteiger partial charge in [-0.05, 0) is 42.7 Å². The van der Waals surface area contributed by atoms with Crippen molar-refractivity contribution in [1.82, 2.24) is 0 Å². The molecule has 0 atom stereocenters. The maximum Gasteiger partial charge on any atom is 0.116 e. The monoisotopic (exact) mass is 370 g/mol. The van der Waals surface area contributed by atoms with Crippen molar-refractivity contribution in [2.24, 2.45) is 0 Å². The van der Waals surface area contributed by atoms with Crippen LogP contribution in [-0.4, -0.2) is 10.2 Å². The molecule has 0 saturated carbocycles. The third-order valence-electron chi connectivity index (χ3n) is 4.67. The predicted octanol–water partition coefficient (Wildman–Crippen LogP) is 8.10. The fourth-order valence-corrected chi connectivity index (χ4v) is 3.09. The van der Waals surface area contributed by atoms with Crippen molar-refractivity contribution in [3.05, 3.63) is 59.9 Å². The molecule has 2 heteroatoms. The number of hydrogen-bond acceptors (Lipinski definition) is 2. The molecule has 0 radical (unpaired) electrons. The first-order valence-electron chi connectivity index (χ1n) is 10.7. The first-order valence-corrected chi connectivity index (χ1v) is 10.7. The zero-order chi connectivity index (χ0) is 19.6. The van der Waals surface area contributed by atoms with Crippen LogP contribution in [0.25, 0.3) is 6.08 Å². The molecule has 0 heterocycles. The van der Waals surface area contributed by atoms with Crippen LogP contribution in [0.3, 0.4) is 0 Å². The molecular formula is C25H38O2. The van der Waals surface area contributed by atoms with Gasteiger partial charge >= 0.3 is 0 Å². The summed E-state index contributed by atoms with van der Waals surface area (Å²) in [6.07, 6.45) is 25.5. The number of rotatable bonds is 15. The molecule has 0 spiro atoms. The van der Waals surface area contributed by atoms with Gasteiger partial charge in [0, 0.05) is 0 Å². The minimum Gasteiger partial charge on any atom is -0.508 e. The third kappa shape index (κ3) is 13.8. The Hall–Kier alpha value is -1.96. The quantitative estimate of drug-likeness (QED) is 0.186. The maximum absolute atomic E-state index is 9.86. The zero-order valence-electron chi connectivity index (χ0n) is 17.1. The summed E-state index contributed by atoms with van der Waals surface area (Å²) in [7, 11) is 0. The zero-order valence-corrected chi connectivity index (χ0v) is 17.1. The van der Waals surface area contributed by atoms with Crippen LogP contribution in [-0.2, 0) is 0 Å². The lowest BCUT2D eigenvalue weighted by atomic mass is 10.1. The van der Waals surface area contributed by atoms with Gasteiger partial charge in [-0.3, -0.25) is 0 Å². The van der Waals surface area contributed by atoms with E-state index < -0.39 is 0 Å². The van der Waals surface area contributed by atoms with E-state index in [1.807, 2.05) is 18.2 Å². The molecule has 0 aliphatic rings. The Morgan fingerprint density at radius 1 is 0.852 bits per heavy atom. The number of hydrogen-bond donors (Lipinski definition) is 2. The lowest BCUT2D eigenvalue weighted by Gasteiger charge is -2.01. The van der Waals surface area contributed by atoms with E-state index in [0.717, 1.165) is 12.0 Å². The number of unbranched alkanes of at least 4 members (excludes halogenated alkanes) is 11. The number of aromatic hydroxyl groups is 1. The second-order valence-corrected chi connectivity index (χ2v) is 7.28. The molecule has 0 amide bonds. The second kappa shape index (κ2) is 16.2. The molecule has 27 heavy (non-hydrogen) atoms. The van der Waals surface area contributed by atoms with Crippen molar-refractivity contribution in [2.75, 3.05) is 0 Å². The summed E-state index contributed by atoms with van der Waals surface area (Å²) in [5.41, 5.74) is 0.780. The molecule has 2 N–H and O–H groups in total. The van der Waals surface area contributed by atoms with E-state index in [0.29, 0.717) is 0 Å². The molecule has 1 rings (SSSR count). The van der Waals surface area contributed by atoms with Crippen LogP contribution in [0.1, 0.15) is 89.5 Å². The topological polar surface area (TPSA) is 40.5 Å². The molecule has 1 aromatic rings. The van der Waals surface area contributed by atoms with Gasteiger partial charge in [0.05, 0.1) is 0 Å². The fourth-order valence-electron chi connectivity index (χ4n) is 3.09. The Balaban J connectivity index is 2.00. The molecule has 0 aliphatic carbocycles. The van der Waals surface area contributed by atoms with Gasteiger partial charge in [0.25, 0.3) is 0 Å². The van der Waals surface area contributed by atoms with E-state index in [-0.39, 0.29) is 11.5 Å². The largest absolute Gasteiger partial charge is 0.508 e. The van der Waals surface area contributed by atoms with Gasteiger partial charge in [-0.15, -0.1) is 0 Å². The number of phenolic OH excluding ortho intramolecular Hbond substituents is 1. The van der Waals surface area contributed by atoms with Crippen molar-refractivity contribution >= 4 is 6.08 Å². The summed E-state index contributed by atoms with van der Waals surface area (Å²) < 4.78 is 0. The van der Waals surface area contributed by atoms with Gasteiger partial charge in [-0.1, -0.05) is 101 Å². The summed E-state index contributed by atoms with van der Waals surface area (Å²) in [6, 6.07) is 6.83. The number of phenols is 1. The maximum atomic E-state index is 9.86. The molecule has 0 saturated heterocycles. The third-order valence-corrected chi connectivity index (χ3v) is 4.67. The number of benzene rings is 1. The van der Waals surface area contributed by atoms with E-state index >= 15 is 0 Å². The number of aliphatic hydroxyl groups is 1. The van der Waals surface area contributed by atoms with E-state index in [4.69, 9.17) is 0 Å². The van der Waals surface area contributed by atoms with Gasteiger partial charge < -0.3 is 10.2 Å². The van der Waals surface area contributed by atoms with Gasteiger partial charge in [0.15, 0.2) is 0 Å². The molecule has 0 unspecified atom stereocenters. The molecule has 0 bridgehead atoms. The van der Waals surface area contributed by atoms with Crippen molar-refractivity contribution < 1.29 is 10.2 Å². The Bertz CT molecular complexity index is 569. The summed E-state index contributed by atoms with van der Waals surface area (Å²) >= 11 is 0. The summed E-state index contributed by atoms with van der Waals surface area (Å²) in [5.74, 6) is 0.382. The first-order chi connectivity index (χ1) is 13.2. The van der Waals surface area contributed by atoms with Crippen molar-refractivity contribution in [3.63, 3.8) is 0 Å². The van der Waals surface area contributed by atoms with Crippen LogP contribution >= 0.6 is 0 Å². The molecule has 0 aliphatic heterocycles. The Kier molecular flexibility index (Phi) is 13.9. The van der Waals surface area contributed by atoms with Crippen LogP contribution < -0.4 is 0 Å². The van der Waals surface area contributed by atoms with Gasteiger partial charge in [0.1, 0.15) is 11.5 Å².